The monoisotopic (exact) mass is 204 g/mol. The van der Waals surface area contributed by atoms with E-state index < -0.39 is 0 Å². The predicted molar refractivity (Wildman–Crippen MR) is 65.0 cm³/mol. The second-order valence-electron chi connectivity index (χ2n) is 4.36. The topological polar surface area (TPSA) is 15.3 Å². The van der Waals surface area contributed by atoms with Gasteiger partial charge in [0.05, 0.1) is 0 Å². The van der Waals surface area contributed by atoms with Crippen LogP contribution < -0.4 is 5.32 Å². The van der Waals surface area contributed by atoms with E-state index in [1.54, 1.807) is 0 Å². The minimum atomic E-state index is 0.683. The van der Waals surface area contributed by atoms with E-state index in [1.807, 2.05) is 7.05 Å². The van der Waals surface area contributed by atoms with Crippen molar-refractivity contribution in [3.8, 4) is 0 Å². The summed E-state index contributed by atoms with van der Waals surface area (Å²) in [6, 6.07) is 7.24. The Kier molecular flexibility index (Phi) is 2.96. The lowest BCUT2D eigenvalue weighted by Gasteiger charge is -2.22. The number of rotatable bonds is 3. The van der Waals surface area contributed by atoms with E-state index in [4.69, 9.17) is 0 Å². The molecule has 1 aromatic rings. The minimum Gasteiger partial charge on any atom is -0.388 e. The molecule has 1 N–H and O–H groups in total. The van der Waals surface area contributed by atoms with Gasteiger partial charge in [-0.1, -0.05) is 19.1 Å². The van der Waals surface area contributed by atoms with Crippen molar-refractivity contribution >= 4 is 5.69 Å². The van der Waals surface area contributed by atoms with Gasteiger partial charge in [-0.25, -0.2) is 0 Å². The number of nitrogens with zero attached hydrogens (tertiary/aromatic N) is 1. The van der Waals surface area contributed by atoms with Gasteiger partial charge in [-0.2, -0.15) is 0 Å². The summed E-state index contributed by atoms with van der Waals surface area (Å²) in [6.07, 6.45) is 1.23. The Morgan fingerprint density at radius 3 is 2.87 bits per heavy atom. The number of fused-ring (bicyclic) bond motifs is 1. The minimum absolute atomic E-state index is 0.683. The summed E-state index contributed by atoms with van der Waals surface area (Å²) in [5, 5.41) is 3.28. The Hall–Kier alpha value is -1.02. The predicted octanol–water partition coefficient (Wildman–Crippen LogP) is 2.84. The maximum absolute atomic E-state index is 3.28. The van der Waals surface area contributed by atoms with E-state index >= 15 is 0 Å². The number of anilines is 1. The molecule has 0 aromatic heterocycles. The molecule has 0 saturated carbocycles. The maximum Gasteiger partial charge on any atom is 0.0386 e. The summed E-state index contributed by atoms with van der Waals surface area (Å²) in [5.74, 6) is 0. The van der Waals surface area contributed by atoms with Gasteiger partial charge < -0.3 is 5.32 Å². The molecule has 2 rings (SSSR count). The molecular weight excluding hydrogens is 184 g/mol. The number of benzene rings is 1. The quantitative estimate of drug-likeness (QED) is 0.814. The Bertz CT molecular complexity index is 346. The van der Waals surface area contributed by atoms with Crippen molar-refractivity contribution in [2.24, 2.45) is 0 Å². The van der Waals surface area contributed by atoms with Crippen molar-refractivity contribution < 1.29 is 0 Å². The number of hydrogen-bond donors (Lipinski definition) is 1. The van der Waals surface area contributed by atoms with Crippen molar-refractivity contribution in [1.82, 2.24) is 4.90 Å². The summed E-state index contributed by atoms with van der Waals surface area (Å²) in [6.45, 7) is 6.78. The Balaban J connectivity index is 2.23. The molecule has 1 aliphatic rings. The summed E-state index contributed by atoms with van der Waals surface area (Å²) >= 11 is 0. The van der Waals surface area contributed by atoms with Crippen LogP contribution in [-0.4, -0.2) is 18.0 Å². The molecule has 0 radical (unpaired) electrons. The zero-order valence-corrected chi connectivity index (χ0v) is 9.88. The Labute approximate surface area is 92.3 Å². The van der Waals surface area contributed by atoms with Crippen LogP contribution in [0, 0.1) is 0 Å². The third-order valence-electron chi connectivity index (χ3n) is 3.49. The third kappa shape index (κ3) is 1.86. The van der Waals surface area contributed by atoms with Gasteiger partial charge in [0.25, 0.3) is 0 Å². The van der Waals surface area contributed by atoms with Crippen molar-refractivity contribution in [2.45, 2.75) is 39.4 Å². The highest BCUT2D eigenvalue weighted by atomic mass is 15.2. The summed E-state index contributed by atoms with van der Waals surface area (Å²) < 4.78 is 0. The van der Waals surface area contributed by atoms with Gasteiger partial charge in [0.2, 0.25) is 0 Å². The summed E-state index contributed by atoms with van der Waals surface area (Å²) in [7, 11) is 2.00. The van der Waals surface area contributed by atoms with Crippen LogP contribution >= 0.6 is 0 Å². The molecule has 0 spiro atoms. The lowest BCUT2D eigenvalue weighted by Crippen LogP contribution is -2.26. The second kappa shape index (κ2) is 4.23. The van der Waals surface area contributed by atoms with E-state index in [0.717, 1.165) is 13.1 Å². The summed E-state index contributed by atoms with van der Waals surface area (Å²) in [5.41, 5.74) is 4.26. The number of nitrogens with one attached hydrogen (secondary N) is 1. The molecule has 0 fully saturated rings. The molecule has 0 saturated heterocycles. The normalized spacial score (nSPS) is 17.5. The van der Waals surface area contributed by atoms with Gasteiger partial charge in [0.1, 0.15) is 0 Å². The summed E-state index contributed by atoms with van der Waals surface area (Å²) in [4.78, 5) is 2.55. The smallest absolute Gasteiger partial charge is 0.0386 e. The van der Waals surface area contributed by atoms with Gasteiger partial charge in [-0.05, 0) is 30.5 Å². The highest BCUT2D eigenvalue weighted by molar-refractivity contribution is 5.55. The highest BCUT2D eigenvalue weighted by Crippen LogP contribution is 2.30. The molecule has 0 amide bonds. The van der Waals surface area contributed by atoms with Crippen LogP contribution in [0.25, 0.3) is 0 Å². The Morgan fingerprint density at radius 1 is 1.40 bits per heavy atom. The first-order chi connectivity index (χ1) is 7.26. The largest absolute Gasteiger partial charge is 0.388 e. The van der Waals surface area contributed by atoms with Crippen molar-refractivity contribution in [2.75, 3.05) is 12.4 Å². The van der Waals surface area contributed by atoms with Crippen LogP contribution in [-0.2, 0) is 13.1 Å². The van der Waals surface area contributed by atoms with Crippen LogP contribution in [0.5, 0.6) is 0 Å². The van der Waals surface area contributed by atoms with E-state index in [9.17, 15) is 0 Å². The van der Waals surface area contributed by atoms with E-state index in [-0.39, 0.29) is 0 Å². The second-order valence-corrected chi connectivity index (χ2v) is 4.36. The van der Waals surface area contributed by atoms with E-state index in [0.29, 0.717) is 6.04 Å². The molecule has 15 heavy (non-hydrogen) atoms. The molecule has 1 heterocycles. The van der Waals surface area contributed by atoms with Crippen molar-refractivity contribution in [1.29, 1.82) is 0 Å². The van der Waals surface area contributed by atoms with E-state index in [2.05, 4.69) is 42.3 Å². The first-order valence-corrected chi connectivity index (χ1v) is 5.78. The van der Waals surface area contributed by atoms with E-state index in [1.165, 1.54) is 23.2 Å². The molecule has 1 atom stereocenters. The molecule has 1 aromatic carbocycles. The van der Waals surface area contributed by atoms with Gasteiger partial charge >= 0.3 is 0 Å². The van der Waals surface area contributed by atoms with Crippen LogP contribution in [0.3, 0.4) is 0 Å². The fourth-order valence-corrected chi connectivity index (χ4v) is 2.25. The third-order valence-corrected chi connectivity index (χ3v) is 3.49. The molecule has 0 bridgehead atoms. The molecule has 1 aliphatic heterocycles. The van der Waals surface area contributed by atoms with Crippen LogP contribution in [0.1, 0.15) is 31.4 Å². The zero-order valence-electron chi connectivity index (χ0n) is 9.88. The molecule has 1 unspecified atom stereocenters. The SMILES string of the molecule is CCC(C)N1Cc2cccc(NC)c2C1. The molecular formula is C13H20N2. The average Bonchev–Trinajstić information content (AvgIpc) is 2.71. The van der Waals surface area contributed by atoms with Crippen molar-refractivity contribution in [3.63, 3.8) is 0 Å². The molecule has 2 heteroatoms. The van der Waals surface area contributed by atoms with Crippen LogP contribution in [0.2, 0.25) is 0 Å². The van der Waals surface area contributed by atoms with Crippen LogP contribution in [0.4, 0.5) is 5.69 Å². The first kappa shape index (κ1) is 10.5. The van der Waals surface area contributed by atoms with Gasteiger partial charge in [-0.3, -0.25) is 4.90 Å². The van der Waals surface area contributed by atoms with Gasteiger partial charge in [0.15, 0.2) is 0 Å². The molecule has 0 aliphatic carbocycles. The molecule has 2 nitrogen and oxygen atoms in total. The Morgan fingerprint density at radius 2 is 2.20 bits per heavy atom. The van der Waals surface area contributed by atoms with Gasteiger partial charge in [-0.15, -0.1) is 0 Å². The number of hydrogen-bond acceptors (Lipinski definition) is 2. The zero-order chi connectivity index (χ0) is 10.8. The standard InChI is InChI=1S/C13H20N2/c1-4-10(2)15-8-11-6-5-7-13(14-3)12(11)9-15/h5-7,10,14H,4,8-9H2,1-3H3. The lowest BCUT2D eigenvalue weighted by atomic mass is 10.1. The fraction of sp³-hybridized carbons (Fsp3) is 0.538. The van der Waals surface area contributed by atoms with Gasteiger partial charge in [0, 0.05) is 31.9 Å². The highest BCUT2D eigenvalue weighted by Gasteiger charge is 2.23. The molecule has 82 valence electrons. The van der Waals surface area contributed by atoms with Crippen molar-refractivity contribution in [3.05, 3.63) is 29.3 Å². The fourth-order valence-electron chi connectivity index (χ4n) is 2.25. The lowest BCUT2D eigenvalue weighted by molar-refractivity contribution is 0.208. The maximum atomic E-state index is 3.28. The van der Waals surface area contributed by atoms with Crippen LogP contribution in [0.15, 0.2) is 18.2 Å². The average molecular weight is 204 g/mol. The first-order valence-electron chi connectivity index (χ1n) is 5.78.